The van der Waals surface area contributed by atoms with Gasteiger partial charge in [-0.05, 0) is 50.5 Å². The van der Waals surface area contributed by atoms with E-state index in [0.29, 0.717) is 0 Å². The minimum absolute atomic E-state index is 0.133. The van der Waals surface area contributed by atoms with Gasteiger partial charge in [-0.2, -0.15) is 5.10 Å². The average Bonchev–Trinajstić information content (AvgIpc) is 3.24. The van der Waals surface area contributed by atoms with Crippen LogP contribution in [-0.2, 0) is 0 Å². The van der Waals surface area contributed by atoms with Gasteiger partial charge in [-0.3, -0.25) is 4.90 Å². The summed E-state index contributed by atoms with van der Waals surface area (Å²) in [5.41, 5.74) is 2.04. The number of imidazole rings is 1. The first-order valence-electron chi connectivity index (χ1n) is 10.5. The number of benzene rings is 1. The first-order valence-corrected chi connectivity index (χ1v) is 11.3. The van der Waals surface area contributed by atoms with E-state index in [1.54, 1.807) is 11.3 Å². The van der Waals surface area contributed by atoms with Crippen molar-refractivity contribution in [3.05, 3.63) is 35.5 Å². The molecule has 0 spiro atoms. The molecule has 2 heterocycles. The van der Waals surface area contributed by atoms with Crippen molar-refractivity contribution in [2.24, 2.45) is 0 Å². The summed E-state index contributed by atoms with van der Waals surface area (Å²) in [6.07, 6.45) is 7.96. The Hall–Kier alpha value is -1.92. The Morgan fingerprint density at radius 3 is 2.32 bits per heavy atom. The van der Waals surface area contributed by atoms with Crippen LogP contribution in [0.5, 0.6) is 5.75 Å². The number of hydrogen-bond acceptors (Lipinski definition) is 5. The summed E-state index contributed by atoms with van der Waals surface area (Å²) < 4.78 is 8.21. The molecule has 0 saturated heterocycles. The van der Waals surface area contributed by atoms with Crippen molar-refractivity contribution in [2.45, 2.75) is 66.0 Å². The molecule has 1 atom stereocenters. The van der Waals surface area contributed by atoms with E-state index in [2.05, 4.69) is 60.0 Å². The Morgan fingerprint density at radius 1 is 1.07 bits per heavy atom. The third-order valence-corrected chi connectivity index (χ3v) is 5.76. The van der Waals surface area contributed by atoms with Crippen molar-refractivity contribution in [3.63, 3.8) is 0 Å². The van der Waals surface area contributed by atoms with E-state index in [9.17, 15) is 0 Å². The maximum Gasteiger partial charge on any atom is 0.212 e. The molecule has 1 unspecified atom stereocenters. The van der Waals surface area contributed by atoms with Crippen LogP contribution in [0.15, 0.2) is 30.5 Å². The molecule has 0 bridgehead atoms. The van der Waals surface area contributed by atoms with Crippen LogP contribution in [0.1, 0.15) is 57.9 Å². The van der Waals surface area contributed by atoms with Crippen LogP contribution in [0, 0.1) is 6.92 Å². The number of ether oxygens (including phenoxy) is 1. The van der Waals surface area contributed by atoms with Crippen LogP contribution in [0.2, 0.25) is 0 Å². The topological polar surface area (TPSA) is 42.7 Å². The molecule has 0 radical (unpaired) electrons. The Bertz CT molecular complexity index is 816. The Balaban J connectivity index is 1.69. The maximum atomic E-state index is 6.36. The third kappa shape index (κ3) is 5.11. The molecule has 0 aliphatic carbocycles. The predicted octanol–water partition coefficient (Wildman–Crippen LogP) is 5.78. The first kappa shape index (κ1) is 20.8. The summed E-state index contributed by atoms with van der Waals surface area (Å²) in [4.78, 5) is 8.11. The molecular formula is C22H32N4OS. The smallest absolute Gasteiger partial charge is 0.212 e. The fraction of sp³-hybridized carbons (Fsp3) is 0.545. The number of nitrogens with zero attached hydrogens (tertiary/aromatic N) is 4. The van der Waals surface area contributed by atoms with E-state index in [-0.39, 0.29) is 6.23 Å². The molecule has 6 heteroatoms. The highest BCUT2D eigenvalue weighted by Crippen LogP contribution is 2.25. The highest BCUT2D eigenvalue weighted by molar-refractivity contribution is 7.16. The molecule has 2 aromatic heterocycles. The number of fused-ring (bicyclic) bond motifs is 1. The molecule has 5 nitrogen and oxygen atoms in total. The van der Waals surface area contributed by atoms with Crippen LogP contribution in [0.4, 0.5) is 0 Å². The highest BCUT2D eigenvalue weighted by Gasteiger charge is 2.18. The van der Waals surface area contributed by atoms with Gasteiger partial charge in [0.2, 0.25) is 4.96 Å². The van der Waals surface area contributed by atoms with Crippen LogP contribution < -0.4 is 4.74 Å². The van der Waals surface area contributed by atoms with Crippen molar-refractivity contribution in [1.82, 2.24) is 19.5 Å². The van der Waals surface area contributed by atoms with Crippen molar-refractivity contribution in [1.29, 1.82) is 0 Å². The minimum atomic E-state index is 0.133. The summed E-state index contributed by atoms with van der Waals surface area (Å²) in [6, 6.07) is 8.29. The zero-order valence-corrected chi connectivity index (χ0v) is 18.3. The van der Waals surface area contributed by atoms with Gasteiger partial charge in [0.1, 0.15) is 10.8 Å². The monoisotopic (exact) mass is 400 g/mol. The third-order valence-electron chi connectivity index (χ3n) is 4.92. The largest absolute Gasteiger partial charge is 0.475 e. The fourth-order valence-electron chi connectivity index (χ4n) is 3.34. The molecule has 1 aromatic carbocycles. The van der Waals surface area contributed by atoms with Gasteiger partial charge < -0.3 is 4.74 Å². The Morgan fingerprint density at radius 2 is 1.75 bits per heavy atom. The molecule has 0 amide bonds. The van der Waals surface area contributed by atoms with Gasteiger partial charge >= 0.3 is 0 Å². The predicted molar refractivity (Wildman–Crippen MR) is 117 cm³/mol. The molecule has 3 rings (SSSR count). The van der Waals surface area contributed by atoms with E-state index in [4.69, 9.17) is 4.74 Å². The molecule has 0 saturated carbocycles. The second-order valence-corrected chi connectivity index (χ2v) is 8.38. The van der Waals surface area contributed by atoms with Gasteiger partial charge in [-0.15, -0.1) is 0 Å². The normalized spacial score (nSPS) is 12.8. The van der Waals surface area contributed by atoms with Gasteiger partial charge in [0.05, 0.1) is 11.9 Å². The lowest BCUT2D eigenvalue weighted by molar-refractivity contribution is 0.0202. The van der Waals surface area contributed by atoms with E-state index < -0.39 is 0 Å². The van der Waals surface area contributed by atoms with Gasteiger partial charge in [0, 0.05) is 18.7 Å². The summed E-state index contributed by atoms with van der Waals surface area (Å²) in [5, 5.41) is 5.47. The van der Waals surface area contributed by atoms with E-state index >= 15 is 0 Å². The van der Waals surface area contributed by atoms with Gasteiger partial charge in [-0.25, -0.2) is 9.50 Å². The molecule has 0 fully saturated rings. The van der Waals surface area contributed by atoms with E-state index in [1.807, 2.05) is 17.6 Å². The number of unbranched alkanes of at least 4 members (excludes halogenated alkanes) is 2. The number of hydrogen-bond donors (Lipinski definition) is 0. The summed E-state index contributed by atoms with van der Waals surface area (Å²) in [6.45, 7) is 10.9. The molecule has 0 aliphatic rings. The number of aryl methyl sites for hydroxylation is 1. The molecule has 28 heavy (non-hydrogen) atoms. The second-order valence-electron chi connectivity index (χ2n) is 7.22. The van der Waals surface area contributed by atoms with Crippen LogP contribution in [0.3, 0.4) is 0 Å². The highest BCUT2D eigenvalue weighted by atomic mass is 32.1. The Labute approximate surface area is 172 Å². The molecule has 0 aliphatic heterocycles. The summed E-state index contributed by atoms with van der Waals surface area (Å²) >= 11 is 1.61. The zero-order chi connectivity index (χ0) is 19.9. The minimum Gasteiger partial charge on any atom is -0.475 e. The average molecular weight is 401 g/mol. The van der Waals surface area contributed by atoms with E-state index in [0.717, 1.165) is 46.5 Å². The van der Waals surface area contributed by atoms with Crippen LogP contribution in [0.25, 0.3) is 16.2 Å². The lowest BCUT2D eigenvalue weighted by Gasteiger charge is -2.31. The zero-order valence-electron chi connectivity index (χ0n) is 17.5. The lowest BCUT2D eigenvalue weighted by Crippen LogP contribution is -2.40. The molecule has 152 valence electrons. The Kier molecular flexibility index (Phi) is 7.45. The van der Waals surface area contributed by atoms with Crippen molar-refractivity contribution < 1.29 is 4.74 Å². The van der Waals surface area contributed by atoms with Crippen molar-refractivity contribution >= 4 is 16.3 Å². The first-order chi connectivity index (χ1) is 13.6. The summed E-state index contributed by atoms with van der Waals surface area (Å²) in [5.74, 6) is 0.920. The molecule has 3 aromatic rings. The van der Waals surface area contributed by atoms with Gasteiger partial charge in [0.15, 0.2) is 6.23 Å². The fourth-order valence-corrected chi connectivity index (χ4v) is 4.06. The van der Waals surface area contributed by atoms with E-state index in [1.165, 1.54) is 25.7 Å². The standard InChI is InChI=1S/C22H32N4OS/c1-5-8-14-25(15-9-6-2)21(7-3)27-19-12-10-18(11-13-19)20-16-26-22(23-20)28-17(4)24-26/h10-13,16,21H,5-9,14-15H2,1-4H3. The SMILES string of the molecule is CCCCN(CCCC)C(CC)Oc1ccc(-c2cn3nc(C)sc3n2)cc1. The van der Waals surface area contributed by atoms with Crippen molar-refractivity contribution in [2.75, 3.05) is 13.1 Å². The molecular weight excluding hydrogens is 368 g/mol. The number of aromatic nitrogens is 3. The second kappa shape index (κ2) is 10.0. The number of rotatable bonds is 11. The van der Waals surface area contributed by atoms with Gasteiger partial charge in [-0.1, -0.05) is 44.9 Å². The van der Waals surface area contributed by atoms with Gasteiger partial charge in [0.25, 0.3) is 0 Å². The maximum absolute atomic E-state index is 6.36. The molecule has 0 N–H and O–H groups in total. The van der Waals surface area contributed by atoms with Crippen LogP contribution in [-0.4, -0.2) is 38.8 Å². The summed E-state index contributed by atoms with van der Waals surface area (Å²) in [7, 11) is 0. The van der Waals surface area contributed by atoms with Crippen LogP contribution >= 0.6 is 11.3 Å². The van der Waals surface area contributed by atoms with Crippen molar-refractivity contribution in [3.8, 4) is 17.0 Å². The lowest BCUT2D eigenvalue weighted by atomic mass is 10.1. The quantitative estimate of drug-likeness (QED) is 0.382.